The maximum atomic E-state index is 6.45. The predicted molar refractivity (Wildman–Crippen MR) is 125 cm³/mol. The van der Waals surface area contributed by atoms with Crippen molar-refractivity contribution >= 4 is 5.57 Å². The van der Waals surface area contributed by atoms with Crippen molar-refractivity contribution in [1.29, 1.82) is 0 Å². The van der Waals surface area contributed by atoms with Gasteiger partial charge in [-0.15, -0.1) is 0 Å². The van der Waals surface area contributed by atoms with E-state index in [4.69, 9.17) is 14.1 Å². The van der Waals surface area contributed by atoms with Crippen molar-refractivity contribution in [2.24, 2.45) is 5.92 Å². The lowest BCUT2D eigenvalue weighted by Crippen LogP contribution is -2.04. The molecular formula is C28H25NO2. The second-order valence-electron chi connectivity index (χ2n) is 7.92. The number of ether oxygens (including phenoxy) is 1. The number of oxazole rings is 1. The minimum absolute atomic E-state index is 0.387. The average molecular weight is 408 g/mol. The van der Waals surface area contributed by atoms with E-state index in [1.165, 1.54) is 11.1 Å². The van der Waals surface area contributed by atoms with Crippen LogP contribution in [0.5, 0.6) is 5.75 Å². The second kappa shape index (κ2) is 8.65. The van der Waals surface area contributed by atoms with E-state index in [1.54, 1.807) is 7.11 Å². The Kier molecular flexibility index (Phi) is 5.40. The Balaban J connectivity index is 1.51. The number of methoxy groups -OCH3 is 1. The Bertz CT molecular complexity index is 1140. The van der Waals surface area contributed by atoms with Gasteiger partial charge in [-0.3, -0.25) is 0 Å². The number of allylic oxidation sites excluding steroid dienone is 2. The van der Waals surface area contributed by atoms with E-state index in [0.717, 1.165) is 53.5 Å². The van der Waals surface area contributed by atoms with Crippen LogP contribution in [-0.4, -0.2) is 12.1 Å². The molecule has 0 saturated heterocycles. The van der Waals surface area contributed by atoms with Gasteiger partial charge in [-0.05, 0) is 42.9 Å². The van der Waals surface area contributed by atoms with Crippen LogP contribution in [0.3, 0.4) is 0 Å². The second-order valence-corrected chi connectivity index (χ2v) is 7.92. The molecule has 0 saturated carbocycles. The third-order valence-corrected chi connectivity index (χ3v) is 5.89. The molecule has 5 rings (SSSR count). The zero-order chi connectivity index (χ0) is 21.0. The molecule has 1 aliphatic carbocycles. The summed E-state index contributed by atoms with van der Waals surface area (Å²) in [4.78, 5) is 5.00. The smallest absolute Gasteiger partial charge is 0.223 e. The standard InChI is InChI=1S/C28H25NO2/c1-30-24-16-8-10-20(19-24)18-23-15-9-17-25(23)28-29-26(21-11-4-2-5-12-21)27(31-28)22-13-6-3-7-14-22/h2-8,10-14,16-17,19,23H,9,15,18H2,1H3/t23-/m0/s1. The van der Waals surface area contributed by atoms with Crippen molar-refractivity contribution in [1.82, 2.24) is 4.98 Å². The first-order valence-electron chi connectivity index (χ1n) is 10.8. The summed E-state index contributed by atoms with van der Waals surface area (Å²) >= 11 is 0. The summed E-state index contributed by atoms with van der Waals surface area (Å²) in [5, 5.41) is 0. The molecule has 154 valence electrons. The van der Waals surface area contributed by atoms with E-state index in [0.29, 0.717) is 5.92 Å². The van der Waals surface area contributed by atoms with Crippen LogP contribution in [0.4, 0.5) is 0 Å². The third-order valence-electron chi connectivity index (χ3n) is 5.89. The molecule has 31 heavy (non-hydrogen) atoms. The van der Waals surface area contributed by atoms with E-state index in [1.807, 2.05) is 42.5 Å². The molecule has 0 fully saturated rings. The molecule has 4 aromatic rings. The molecule has 1 heterocycles. The maximum Gasteiger partial charge on any atom is 0.223 e. The normalized spacial score (nSPS) is 15.6. The Labute approximate surface area is 183 Å². The fourth-order valence-electron chi connectivity index (χ4n) is 4.34. The average Bonchev–Trinajstić information content (AvgIpc) is 3.47. The fourth-order valence-corrected chi connectivity index (χ4v) is 4.34. The van der Waals surface area contributed by atoms with Crippen molar-refractivity contribution in [3.05, 3.63) is 102 Å². The van der Waals surface area contributed by atoms with Gasteiger partial charge >= 0.3 is 0 Å². The van der Waals surface area contributed by atoms with E-state index in [-0.39, 0.29) is 0 Å². The first-order chi connectivity index (χ1) is 15.3. The van der Waals surface area contributed by atoms with Gasteiger partial charge in [0.05, 0.1) is 7.11 Å². The molecule has 0 spiro atoms. The van der Waals surface area contributed by atoms with Crippen LogP contribution in [-0.2, 0) is 6.42 Å². The molecule has 0 aliphatic heterocycles. The summed E-state index contributed by atoms with van der Waals surface area (Å²) in [6.07, 6.45) is 5.40. The first-order valence-corrected chi connectivity index (χ1v) is 10.8. The summed E-state index contributed by atoms with van der Waals surface area (Å²) in [6, 6.07) is 28.9. The first kappa shape index (κ1) is 19.4. The molecule has 0 bridgehead atoms. The van der Waals surface area contributed by atoms with Gasteiger partial charge in [0.2, 0.25) is 5.89 Å². The third kappa shape index (κ3) is 4.04. The Morgan fingerprint density at radius 2 is 1.65 bits per heavy atom. The number of benzene rings is 3. The zero-order valence-corrected chi connectivity index (χ0v) is 17.6. The minimum Gasteiger partial charge on any atom is -0.497 e. The van der Waals surface area contributed by atoms with Gasteiger partial charge in [-0.1, -0.05) is 78.9 Å². The molecule has 0 amide bonds. The molecule has 3 nitrogen and oxygen atoms in total. The highest BCUT2D eigenvalue weighted by molar-refractivity contribution is 5.79. The lowest BCUT2D eigenvalue weighted by atomic mass is 9.93. The molecule has 3 heteroatoms. The van der Waals surface area contributed by atoms with E-state index in [9.17, 15) is 0 Å². The summed E-state index contributed by atoms with van der Waals surface area (Å²) < 4.78 is 11.9. The molecule has 0 radical (unpaired) electrons. The van der Waals surface area contributed by atoms with Gasteiger partial charge in [-0.2, -0.15) is 0 Å². The number of hydrogen-bond donors (Lipinski definition) is 0. The Morgan fingerprint density at radius 1 is 0.903 bits per heavy atom. The SMILES string of the molecule is COc1cccc(C[C@@H]2CCC=C2c2nc(-c3ccccc3)c(-c3ccccc3)o2)c1. The topological polar surface area (TPSA) is 35.3 Å². The van der Waals surface area contributed by atoms with Crippen molar-refractivity contribution < 1.29 is 9.15 Å². The largest absolute Gasteiger partial charge is 0.497 e. The van der Waals surface area contributed by atoms with E-state index < -0.39 is 0 Å². The molecule has 1 aliphatic rings. The van der Waals surface area contributed by atoms with Gasteiger partial charge in [0.15, 0.2) is 5.76 Å². The summed E-state index contributed by atoms with van der Waals surface area (Å²) in [7, 11) is 1.71. The summed E-state index contributed by atoms with van der Waals surface area (Å²) in [5.41, 5.74) is 5.49. The van der Waals surface area contributed by atoms with Crippen LogP contribution < -0.4 is 4.74 Å². The number of aromatic nitrogens is 1. The fraction of sp³-hybridized carbons (Fsp3) is 0.179. The van der Waals surface area contributed by atoms with E-state index >= 15 is 0 Å². The molecule has 3 aromatic carbocycles. The highest BCUT2D eigenvalue weighted by atomic mass is 16.5. The lowest BCUT2D eigenvalue weighted by molar-refractivity contribution is 0.414. The summed E-state index contributed by atoms with van der Waals surface area (Å²) in [5.74, 6) is 2.85. The van der Waals surface area contributed by atoms with Gasteiger partial charge < -0.3 is 9.15 Å². The van der Waals surface area contributed by atoms with Crippen LogP contribution in [0, 0.1) is 5.92 Å². The number of hydrogen-bond acceptors (Lipinski definition) is 3. The van der Waals surface area contributed by atoms with Crippen LogP contribution >= 0.6 is 0 Å². The van der Waals surface area contributed by atoms with Crippen LogP contribution in [0.1, 0.15) is 24.3 Å². The number of nitrogens with zero attached hydrogens (tertiary/aromatic N) is 1. The van der Waals surface area contributed by atoms with Crippen molar-refractivity contribution in [3.8, 4) is 28.3 Å². The zero-order valence-electron chi connectivity index (χ0n) is 17.6. The molecule has 1 aromatic heterocycles. The molecule has 0 N–H and O–H groups in total. The highest BCUT2D eigenvalue weighted by Crippen LogP contribution is 2.40. The minimum atomic E-state index is 0.387. The maximum absolute atomic E-state index is 6.45. The monoisotopic (exact) mass is 407 g/mol. The van der Waals surface area contributed by atoms with Crippen LogP contribution in [0.15, 0.2) is 95.4 Å². The predicted octanol–water partition coefficient (Wildman–Crippen LogP) is 7.05. The molecular weight excluding hydrogens is 382 g/mol. The van der Waals surface area contributed by atoms with Crippen LogP contribution in [0.2, 0.25) is 0 Å². The molecule has 0 unspecified atom stereocenters. The van der Waals surface area contributed by atoms with Gasteiger partial charge in [0.25, 0.3) is 0 Å². The van der Waals surface area contributed by atoms with Gasteiger partial charge in [0, 0.05) is 16.7 Å². The van der Waals surface area contributed by atoms with Gasteiger partial charge in [0.1, 0.15) is 11.4 Å². The highest BCUT2D eigenvalue weighted by Gasteiger charge is 2.27. The Hall–Kier alpha value is -3.59. The number of rotatable bonds is 6. The van der Waals surface area contributed by atoms with Crippen molar-refractivity contribution in [2.75, 3.05) is 7.11 Å². The van der Waals surface area contributed by atoms with Crippen molar-refractivity contribution in [2.45, 2.75) is 19.3 Å². The molecule has 1 atom stereocenters. The quantitative estimate of drug-likeness (QED) is 0.343. The Morgan fingerprint density at radius 3 is 2.39 bits per heavy atom. The summed E-state index contributed by atoms with van der Waals surface area (Å²) in [6.45, 7) is 0. The lowest BCUT2D eigenvalue weighted by Gasteiger charge is -2.13. The van der Waals surface area contributed by atoms with E-state index in [2.05, 4.69) is 48.5 Å². The van der Waals surface area contributed by atoms with Crippen molar-refractivity contribution in [3.63, 3.8) is 0 Å². The van der Waals surface area contributed by atoms with Gasteiger partial charge in [-0.25, -0.2) is 4.98 Å². The van der Waals surface area contributed by atoms with Crippen LogP contribution in [0.25, 0.3) is 28.2 Å².